The molecule has 0 spiro atoms. The number of hydrogen-bond donors (Lipinski definition) is 2. The maximum absolute atomic E-state index is 12.6. The van der Waals surface area contributed by atoms with Crippen molar-refractivity contribution < 1.29 is 22.9 Å². The van der Waals surface area contributed by atoms with Gasteiger partial charge in [-0.25, -0.2) is 8.42 Å². The van der Waals surface area contributed by atoms with E-state index in [2.05, 4.69) is 5.32 Å². The quantitative estimate of drug-likeness (QED) is 0.676. The van der Waals surface area contributed by atoms with Crippen molar-refractivity contribution in [3.63, 3.8) is 0 Å². The van der Waals surface area contributed by atoms with E-state index in [1.165, 1.54) is 22.6 Å². The number of carbonyl (C=O) groups is 2. The molecular formula is C19H24N3O4S2+. The Morgan fingerprint density at radius 3 is 2.50 bits per heavy atom. The molecule has 1 atom stereocenters. The maximum Gasteiger partial charge on any atom is 0.282 e. The molecule has 150 valence electrons. The van der Waals surface area contributed by atoms with Crippen LogP contribution in [0.25, 0.3) is 0 Å². The number of sulfonamides is 1. The summed E-state index contributed by atoms with van der Waals surface area (Å²) in [5, 5.41) is 4.61. The highest BCUT2D eigenvalue weighted by molar-refractivity contribution is 7.91. The lowest BCUT2D eigenvalue weighted by Crippen LogP contribution is -3.19. The third kappa shape index (κ3) is 4.49. The van der Waals surface area contributed by atoms with Crippen LogP contribution in [0.2, 0.25) is 0 Å². The molecule has 28 heavy (non-hydrogen) atoms. The van der Waals surface area contributed by atoms with E-state index in [0.29, 0.717) is 41.6 Å². The molecule has 1 aliphatic heterocycles. The number of nitrogens with zero attached hydrogens (tertiary/aromatic N) is 1. The molecule has 2 N–H and O–H groups in total. The Morgan fingerprint density at radius 1 is 1.18 bits per heavy atom. The standard InChI is InChI=1S/C19H23N3O4S2/c1-14(19(24)20-17-6-3-5-16(13-17)15(2)23)21-8-10-22(11-9-21)28(25,26)18-7-4-12-27-18/h3-7,12-14H,8-11H2,1-2H3,(H,20,24)/p+1/t14-/m0/s1. The van der Waals surface area contributed by atoms with E-state index in [1.54, 1.807) is 41.8 Å². The highest BCUT2D eigenvalue weighted by atomic mass is 32.2. The minimum Gasteiger partial charge on any atom is -0.323 e. The average Bonchev–Trinajstić information content (AvgIpc) is 3.23. The van der Waals surface area contributed by atoms with Gasteiger partial charge >= 0.3 is 0 Å². The van der Waals surface area contributed by atoms with Gasteiger partial charge in [0.05, 0.1) is 26.2 Å². The highest BCUT2D eigenvalue weighted by Crippen LogP contribution is 2.20. The number of quaternary nitrogens is 1. The zero-order chi connectivity index (χ0) is 20.3. The van der Waals surface area contributed by atoms with E-state index in [1.807, 2.05) is 6.92 Å². The zero-order valence-electron chi connectivity index (χ0n) is 15.8. The molecule has 0 aliphatic carbocycles. The van der Waals surface area contributed by atoms with E-state index in [0.717, 1.165) is 4.90 Å². The monoisotopic (exact) mass is 422 g/mol. The molecule has 1 fully saturated rings. The van der Waals surface area contributed by atoms with Gasteiger partial charge in [0.15, 0.2) is 11.8 Å². The summed E-state index contributed by atoms with van der Waals surface area (Å²) in [4.78, 5) is 25.1. The summed E-state index contributed by atoms with van der Waals surface area (Å²) in [6.07, 6.45) is 0. The van der Waals surface area contributed by atoms with Gasteiger partial charge in [-0.15, -0.1) is 11.3 Å². The van der Waals surface area contributed by atoms with Gasteiger partial charge in [0.25, 0.3) is 15.9 Å². The SMILES string of the molecule is CC(=O)c1cccc(NC(=O)[C@H](C)[NH+]2CCN(S(=O)(=O)c3cccs3)CC2)c1. The first-order valence-corrected chi connectivity index (χ1v) is 11.4. The summed E-state index contributed by atoms with van der Waals surface area (Å²) >= 11 is 1.22. The Labute approximate surface area is 169 Å². The van der Waals surface area contributed by atoms with Crippen molar-refractivity contribution in [3.8, 4) is 0 Å². The van der Waals surface area contributed by atoms with Crippen LogP contribution in [-0.4, -0.2) is 56.6 Å². The van der Waals surface area contributed by atoms with E-state index in [9.17, 15) is 18.0 Å². The molecule has 1 aromatic carbocycles. The minimum atomic E-state index is -3.44. The van der Waals surface area contributed by atoms with Gasteiger partial charge < -0.3 is 10.2 Å². The number of anilines is 1. The summed E-state index contributed by atoms with van der Waals surface area (Å²) in [6, 6.07) is 9.87. The normalized spacial score (nSPS) is 17.2. The number of carbonyl (C=O) groups excluding carboxylic acids is 2. The van der Waals surface area contributed by atoms with Crippen molar-refractivity contribution in [3.05, 3.63) is 47.3 Å². The first-order valence-electron chi connectivity index (χ1n) is 9.09. The van der Waals surface area contributed by atoms with Crippen LogP contribution in [0.15, 0.2) is 46.0 Å². The lowest BCUT2D eigenvalue weighted by Gasteiger charge is -2.33. The fourth-order valence-corrected chi connectivity index (χ4v) is 5.82. The molecule has 0 radical (unpaired) electrons. The Bertz CT molecular complexity index is 949. The lowest BCUT2D eigenvalue weighted by molar-refractivity contribution is -0.917. The summed E-state index contributed by atoms with van der Waals surface area (Å²) in [5.41, 5.74) is 1.13. The summed E-state index contributed by atoms with van der Waals surface area (Å²) in [5.74, 6) is -0.205. The predicted molar refractivity (Wildman–Crippen MR) is 108 cm³/mol. The Balaban J connectivity index is 1.59. The summed E-state index contributed by atoms with van der Waals surface area (Å²) in [6.45, 7) is 5.21. The smallest absolute Gasteiger partial charge is 0.282 e. The number of hydrogen-bond acceptors (Lipinski definition) is 5. The molecule has 1 amide bonds. The van der Waals surface area contributed by atoms with Crippen LogP contribution in [0, 0.1) is 0 Å². The highest BCUT2D eigenvalue weighted by Gasteiger charge is 2.34. The van der Waals surface area contributed by atoms with E-state index in [-0.39, 0.29) is 17.7 Å². The molecule has 0 bridgehead atoms. The van der Waals surface area contributed by atoms with Crippen molar-refractivity contribution in [2.45, 2.75) is 24.1 Å². The number of rotatable bonds is 6. The van der Waals surface area contributed by atoms with E-state index in [4.69, 9.17) is 0 Å². The number of nitrogens with one attached hydrogen (secondary N) is 2. The van der Waals surface area contributed by atoms with Gasteiger partial charge in [-0.05, 0) is 37.4 Å². The Hall–Kier alpha value is -2.07. The molecule has 2 aromatic rings. The number of benzene rings is 1. The predicted octanol–water partition coefficient (Wildman–Crippen LogP) is 0.867. The van der Waals surface area contributed by atoms with E-state index < -0.39 is 10.0 Å². The molecular weight excluding hydrogens is 398 g/mol. The molecule has 3 rings (SSSR count). The molecule has 1 aromatic heterocycles. The molecule has 1 aliphatic rings. The van der Waals surface area contributed by atoms with Crippen molar-refractivity contribution in [1.29, 1.82) is 0 Å². The van der Waals surface area contributed by atoms with Crippen molar-refractivity contribution in [2.75, 3.05) is 31.5 Å². The first-order chi connectivity index (χ1) is 13.3. The number of thiophene rings is 1. The van der Waals surface area contributed by atoms with Gasteiger partial charge in [0.1, 0.15) is 4.21 Å². The molecule has 0 unspecified atom stereocenters. The second-order valence-electron chi connectivity index (χ2n) is 6.84. The minimum absolute atomic E-state index is 0.0576. The van der Waals surface area contributed by atoms with Gasteiger partial charge in [-0.1, -0.05) is 18.2 Å². The third-order valence-corrected chi connectivity index (χ3v) is 8.27. The van der Waals surface area contributed by atoms with E-state index >= 15 is 0 Å². The summed E-state index contributed by atoms with van der Waals surface area (Å²) < 4.78 is 27.1. The average molecular weight is 423 g/mol. The number of ketones is 1. The fraction of sp³-hybridized carbons (Fsp3) is 0.368. The van der Waals surface area contributed by atoms with Gasteiger partial charge in [0.2, 0.25) is 0 Å². The van der Waals surface area contributed by atoms with Crippen LogP contribution < -0.4 is 10.2 Å². The van der Waals surface area contributed by atoms with Crippen LogP contribution in [0.1, 0.15) is 24.2 Å². The van der Waals surface area contributed by atoms with Crippen LogP contribution >= 0.6 is 11.3 Å². The molecule has 2 heterocycles. The van der Waals surface area contributed by atoms with Crippen molar-refractivity contribution >= 4 is 38.7 Å². The van der Waals surface area contributed by atoms with Crippen molar-refractivity contribution in [2.24, 2.45) is 0 Å². The topological polar surface area (TPSA) is 88.0 Å². The Kier molecular flexibility index (Phi) is 6.29. The molecule has 1 saturated heterocycles. The number of Topliss-reactive ketones (excluding diaryl/α,β-unsaturated/α-hetero) is 1. The Morgan fingerprint density at radius 2 is 1.89 bits per heavy atom. The van der Waals surface area contributed by atoms with Gasteiger partial charge in [-0.2, -0.15) is 4.31 Å². The second kappa shape index (κ2) is 8.52. The lowest BCUT2D eigenvalue weighted by atomic mass is 10.1. The van der Waals surface area contributed by atoms with Crippen LogP contribution in [0.4, 0.5) is 5.69 Å². The number of amides is 1. The molecule has 9 heteroatoms. The van der Waals surface area contributed by atoms with Gasteiger partial charge in [-0.3, -0.25) is 9.59 Å². The number of piperazine rings is 1. The van der Waals surface area contributed by atoms with Crippen LogP contribution in [0.5, 0.6) is 0 Å². The largest absolute Gasteiger partial charge is 0.323 e. The van der Waals surface area contributed by atoms with Gasteiger partial charge in [0, 0.05) is 11.3 Å². The maximum atomic E-state index is 12.6. The molecule has 7 nitrogen and oxygen atoms in total. The summed E-state index contributed by atoms with van der Waals surface area (Å²) in [7, 11) is -3.44. The zero-order valence-corrected chi connectivity index (χ0v) is 17.5. The third-order valence-electron chi connectivity index (χ3n) is 5.00. The second-order valence-corrected chi connectivity index (χ2v) is 9.95. The van der Waals surface area contributed by atoms with Crippen LogP contribution in [0.3, 0.4) is 0 Å². The van der Waals surface area contributed by atoms with Crippen LogP contribution in [-0.2, 0) is 14.8 Å². The van der Waals surface area contributed by atoms with Crippen molar-refractivity contribution in [1.82, 2.24) is 4.31 Å². The fourth-order valence-electron chi connectivity index (χ4n) is 3.24. The molecule has 0 saturated carbocycles. The first kappa shape index (κ1) is 20.7.